The highest BCUT2D eigenvalue weighted by molar-refractivity contribution is 7.21. The number of ether oxygens (including phenoxy) is 3. The Kier molecular flexibility index (Phi) is 7.77. The summed E-state index contributed by atoms with van der Waals surface area (Å²) in [6.45, 7) is 1.93. The zero-order valence-electron chi connectivity index (χ0n) is 24.1. The number of nitrogen functional groups attached to an aromatic ring is 1. The Bertz CT molecular complexity index is 1780. The van der Waals surface area contributed by atoms with Gasteiger partial charge in [-0.1, -0.05) is 42.5 Å². The van der Waals surface area contributed by atoms with Gasteiger partial charge >= 0.3 is 0 Å². The number of amides is 1. The van der Waals surface area contributed by atoms with E-state index in [2.05, 4.69) is 0 Å². The minimum Gasteiger partial charge on any atom is -0.493 e. The number of methoxy groups -OCH3 is 3. The molecule has 1 saturated heterocycles. The van der Waals surface area contributed by atoms with E-state index in [1.807, 2.05) is 59.5 Å². The Hall–Kier alpha value is -4.83. The molecule has 1 aliphatic heterocycles. The van der Waals surface area contributed by atoms with Crippen molar-refractivity contribution in [2.24, 2.45) is 0 Å². The van der Waals surface area contributed by atoms with Gasteiger partial charge in [-0.05, 0) is 41.5 Å². The van der Waals surface area contributed by atoms with Crippen molar-refractivity contribution in [2.45, 2.75) is 0 Å². The first kappa shape index (κ1) is 28.3. The van der Waals surface area contributed by atoms with E-state index in [0.29, 0.717) is 69.9 Å². The standard InChI is InChI=1S/C33H31FN4O4S/c1-40-26-17-21(18-27(41-2)30(26)42-3)22-19-24(20-9-5-4-6-10-20)36-32-28(22)29(35)31(43-32)33(39)38-15-13-37(14-16-38)25-12-8-7-11-23(25)34/h4-12,17-19H,13-16,35H2,1-3H3. The van der Waals surface area contributed by atoms with Gasteiger partial charge in [0.2, 0.25) is 5.75 Å². The molecule has 0 saturated carbocycles. The van der Waals surface area contributed by atoms with Crippen LogP contribution in [-0.2, 0) is 0 Å². The fourth-order valence-corrected chi connectivity index (χ4v) is 6.59. The summed E-state index contributed by atoms with van der Waals surface area (Å²) in [5.41, 5.74) is 11.0. The number of halogens is 1. The topological polar surface area (TPSA) is 90.2 Å². The second-order valence-corrected chi connectivity index (χ2v) is 11.1. The van der Waals surface area contributed by atoms with Crippen molar-refractivity contribution in [1.82, 2.24) is 9.88 Å². The maximum atomic E-state index is 14.4. The number of aromatic nitrogens is 1. The van der Waals surface area contributed by atoms with Crippen molar-refractivity contribution in [3.8, 4) is 39.6 Å². The first-order valence-corrected chi connectivity index (χ1v) is 14.6. The van der Waals surface area contributed by atoms with Crippen LogP contribution in [0.1, 0.15) is 9.67 Å². The Morgan fingerprint density at radius 1 is 0.860 bits per heavy atom. The second kappa shape index (κ2) is 11.8. The third kappa shape index (κ3) is 5.18. The summed E-state index contributed by atoms with van der Waals surface area (Å²) < 4.78 is 31.2. The van der Waals surface area contributed by atoms with Gasteiger partial charge < -0.3 is 29.7 Å². The number of nitrogens with zero attached hydrogens (tertiary/aromatic N) is 3. The van der Waals surface area contributed by atoms with Crippen LogP contribution < -0.4 is 24.8 Å². The molecule has 8 nitrogen and oxygen atoms in total. The number of rotatable bonds is 7. The number of para-hydroxylation sites is 1. The number of benzene rings is 3. The van der Waals surface area contributed by atoms with Gasteiger partial charge in [-0.3, -0.25) is 4.79 Å². The summed E-state index contributed by atoms with van der Waals surface area (Å²) in [6.07, 6.45) is 0. The second-order valence-electron chi connectivity index (χ2n) is 10.1. The van der Waals surface area contributed by atoms with Crippen molar-refractivity contribution in [2.75, 3.05) is 58.1 Å². The minimum atomic E-state index is -0.268. The third-order valence-electron chi connectivity index (χ3n) is 7.70. The third-order valence-corrected chi connectivity index (χ3v) is 8.79. The minimum absolute atomic E-state index is 0.161. The van der Waals surface area contributed by atoms with E-state index in [4.69, 9.17) is 24.9 Å². The van der Waals surface area contributed by atoms with Crippen LogP contribution in [0.5, 0.6) is 17.2 Å². The molecule has 0 aliphatic carbocycles. The monoisotopic (exact) mass is 598 g/mol. The molecule has 0 atom stereocenters. The smallest absolute Gasteiger partial charge is 0.266 e. The van der Waals surface area contributed by atoms with Gasteiger partial charge in [0.25, 0.3) is 5.91 Å². The van der Waals surface area contributed by atoms with Gasteiger partial charge in [-0.25, -0.2) is 9.37 Å². The highest BCUT2D eigenvalue weighted by Crippen LogP contribution is 2.46. The molecule has 0 bridgehead atoms. The maximum Gasteiger partial charge on any atom is 0.266 e. The van der Waals surface area contributed by atoms with E-state index in [9.17, 15) is 9.18 Å². The van der Waals surface area contributed by atoms with Crippen LogP contribution in [0, 0.1) is 5.82 Å². The number of hydrogen-bond acceptors (Lipinski definition) is 8. The lowest BCUT2D eigenvalue weighted by Crippen LogP contribution is -2.49. The van der Waals surface area contributed by atoms with E-state index in [-0.39, 0.29) is 11.7 Å². The summed E-state index contributed by atoms with van der Waals surface area (Å²) in [6, 6.07) is 22.3. The molecule has 0 radical (unpaired) electrons. The average molecular weight is 599 g/mol. The SMILES string of the molecule is COc1cc(-c2cc(-c3ccccc3)nc3sc(C(=O)N4CCN(c5ccccc5F)CC4)c(N)c23)cc(OC)c1OC. The fraction of sp³-hybridized carbons (Fsp3) is 0.212. The normalized spacial score (nSPS) is 13.3. The molecule has 1 amide bonds. The summed E-state index contributed by atoms with van der Waals surface area (Å²) in [4.78, 5) is 23.6. The molecule has 43 heavy (non-hydrogen) atoms. The predicted octanol–water partition coefficient (Wildman–Crippen LogP) is 6.34. The molecule has 1 fully saturated rings. The van der Waals surface area contributed by atoms with Crippen LogP contribution in [0.3, 0.4) is 0 Å². The lowest BCUT2D eigenvalue weighted by atomic mass is 9.98. The molecule has 0 spiro atoms. The van der Waals surface area contributed by atoms with Crippen LogP contribution in [0.15, 0.2) is 72.8 Å². The summed E-state index contributed by atoms with van der Waals surface area (Å²) in [5, 5.41) is 0.687. The molecule has 3 aromatic carbocycles. The molecular formula is C33H31FN4O4S. The van der Waals surface area contributed by atoms with Crippen LogP contribution in [-0.4, -0.2) is 63.3 Å². The van der Waals surface area contributed by atoms with E-state index in [1.165, 1.54) is 17.4 Å². The van der Waals surface area contributed by atoms with Crippen molar-refractivity contribution >= 4 is 38.8 Å². The van der Waals surface area contributed by atoms with Crippen LogP contribution in [0.4, 0.5) is 15.8 Å². The van der Waals surface area contributed by atoms with Crippen molar-refractivity contribution < 1.29 is 23.4 Å². The number of nitrogens with two attached hydrogens (primary N) is 1. The molecular weight excluding hydrogens is 567 g/mol. The number of hydrogen-bond donors (Lipinski definition) is 1. The molecule has 220 valence electrons. The number of pyridine rings is 1. The Balaban J connectivity index is 1.43. The van der Waals surface area contributed by atoms with Crippen molar-refractivity contribution in [3.05, 3.63) is 83.5 Å². The largest absolute Gasteiger partial charge is 0.493 e. The maximum absolute atomic E-state index is 14.4. The molecule has 2 aromatic heterocycles. The molecule has 6 rings (SSSR count). The Labute approximate surface area is 253 Å². The lowest BCUT2D eigenvalue weighted by molar-refractivity contribution is 0.0752. The average Bonchev–Trinajstić information content (AvgIpc) is 3.39. The summed E-state index contributed by atoms with van der Waals surface area (Å²) >= 11 is 1.28. The van der Waals surface area contributed by atoms with Gasteiger partial charge in [0.15, 0.2) is 11.5 Å². The number of anilines is 2. The summed E-state index contributed by atoms with van der Waals surface area (Å²) in [5.74, 6) is 1.05. The Morgan fingerprint density at radius 3 is 2.14 bits per heavy atom. The Morgan fingerprint density at radius 2 is 1.51 bits per heavy atom. The number of carbonyl (C=O) groups is 1. The number of piperazine rings is 1. The molecule has 0 unspecified atom stereocenters. The molecule has 5 aromatic rings. The van der Waals surface area contributed by atoms with Gasteiger partial charge in [-0.15, -0.1) is 11.3 Å². The number of thiophene rings is 1. The lowest BCUT2D eigenvalue weighted by Gasteiger charge is -2.36. The molecule has 2 N–H and O–H groups in total. The zero-order chi connectivity index (χ0) is 30.1. The van der Waals surface area contributed by atoms with Gasteiger partial charge in [0.1, 0.15) is 15.5 Å². The number of fused-ring (bicyclic) bond motifs is 1. The predicted molar refractivity (Wildman–Crippen MR) is 169 cm³/mol. The molecule has 10 heteroatoms. The van der Waals surface area contributed by atoms with Crippen molar-refractivity contribution in [1.29, 1.82) is 0 Å². The first-order valence-electron chi connectivity index (χ1n) is 13.8. The highest BCUT2D eigenvalue weighted by Gasteiger charge is 2.29. The van der Waals surface area contributed by atoms with E-state index < -0.39 is 0 Å². The van der Waals surface area contributed by atoms with E-state index in [1.54, 1.807) is 38.4 Å². The summed E-state index contributed by atoms with van der Waals surface area (Å²) in [7, 11) is 4.70. The van der Waals surface area contributed by atoms with Crippen LogP contribution in [0.25, 0.3) is 32.6 Å². The zero-order valence-corrected chi connectivity index (χ0v) is 24.9. The molecule has 3 heterocycles. The van der Waals surface area contributed by atoms with Crippen molar-refractivity contribution in [3.63, 3.8) is 0 Å². The van der Waals surface area contributed by atoms with E-state index >= 15 is 0 Å². The molecule has 1 aliphatic rings. The fourth-order valence-electron chi connectivity index (χ4n) is 5.50. The van der Waals surface area contributed by atoms with Gasteiger partial charge in [0, 0.05) is 37.1 Å². The van der Waals surface area contributed by atoms with E-state index in [0.717, 1.165) is 22.4 Å². The quantitative estimate of drug-likeness (QED) is 0.234. The van der Waals surface area contributed by atoms with Gasteiger partial charge in [-0.2, -0.15) is 0 Å². The number of carbonyl (C=O) groups excluding carboxylic acids is 1. The first-order chi connectivity index (χ1) is 20.9. The van der Waals surface area contributed by atoms with Gasteiger partial charge in [0.05, 0.1) is 38.4 Å². The highest BCUT2D eigenvalue weighted by atomic mass is 32.1. The van der Waals surface area contributed by atoms with Crippen LogP contribution >= 0.6 is 11.3 Å². The van der Waals surface area contributed by atoms with Crippen LogP contribution in [0.2, 0.25) is 0 Å².